The number of anilines is 1. The zero-order chi connectivity index (χ0) is 13.9. The number of nitrogens with zero attached hydrogens (tertiary/aromatic N) is 3. The first-order valence-electron chi connectivity index (χ1n) is 5.51. The van der Waals surface area contributed by atoms with E-state index in [9.17, 15) is 13.2 Å². The van der Waals surface area contributed by atoms with Gasteiger partial charge >= 0.3 is 6.18 Å². The molecule has 1 unspecified atom stereocenters. The van der Waals surface area contributed by atoms with Crippen molar-refractivity contribution in [2.45, 2.75) is 32.5 Å². The van der Waals surface area contributed by atoms with Gasteiger partial charge in [0.05, 0.1) is 11.1 Å². The van der Waals surface area contributed by atoms with E-state index >= 15 is 0 Å². The van der Waals surface area contributed by atoms with E-state index in [0.717, 1.165) is 18.7 Å². The Hall–Kier alpha value is -1.77. The molecule has 0 spiro atoms. The van der Waals surface area contributed by atoms with Crippen LogP contribution >= 0.6 is 0 Å². The van der Waals surface area contributed by atoms with Gasteiger partial charge in [0.1, 0.15) is 11.9 Å². The van der Waals surface area contributed by atoms with Crippen LogP contribution in [0.25, 0.3) is 0 Å². The number of halogens is 3. The number of nitriles is 1. The van der Waals surface area contributed by atoms with E-state index < -0.39 is 17.3 Å². The molecule has 0 bridgehead atoms. The van der Waals surface area contributed by atoms with Crippen LogP contribution in [-0.2, 0) is 6.18 Å². The lowest BCUT2D eigenvalue weighted by atomic mass is 10.1. The van der Waals surface area contributed by atoms with E-state index in [2.05, 4.69) is 4.98 Å². The summed E-state index contributed by atoms with van der Waals surface area (Å²) in [7, 11) is 1.68. The second-order valence-corrected chi connectivity index (χ2v) is 4.07. The fourth-order valence-corrected chi connectivity index (χ4v) is 1.46. The minimum atomic E-state index is -4.54. The molecule has 3 nitrogen and oxygen atoms in total. The van der Waals surface area contributed by atoms with Crippen molar-refractivity contribution in [1.29, 1.82) is 5.26 Å². The average molecular weight is 257 g/mol. The highest BCUT2D eigenvalue weighted by Gasteiger charge is 2.34. The van der Waals surface area contributed by atoms with Gasteiger partial charge in [0.25, 0.3) is 0 Å². The quantitative estimate of drug-likeness (QED) is 0.834. The van der Waals surface area contributed by atoms with Gasteiger partial charge in [-0.15, -0.1) is 0 Å². The lowest BCUT2D eigenvalue weighted by Gasteiger charge is -2.25. The molecule has 0 fully saturated rings. The fraction of sp³-hybridized carbons (Fsp3) is 0.500. The van der Waals surface area contributed by atoms with Gasteiger partial charge in [0.2, 0.25) is 0 Å². The van der Waals surface area contributed by atoms with Crippen LogP contribution in [-0.4, -0.2) is 18.1 Å². The second-order valence-electron chi connectivity index (χ2n) is 4.07. The highest BCUT2D eigenvalue weighted by molar-refractivity contribution is 5.48. The SMILES string of the molecule is CCC(C)N(C)c1cc(C(F)(F)F)c(C#N)cn1. The van der Waals surface area contributed by atoms with Crippen LogP contribution in [0.4, 0.5) is 19.0 Å². The van der Waals surface area contributed by atoms with Gasteiger partial charge in [-0.2, -0.15) is 18.4 Å². The van der Waals surface area contributed by atoms with E-state index in [1.54, 1.807) is 11.9 Å². The fourth-order valence-electron chi connectivity index (χ4n) is 1.46. The largest absolute Gasteiger partial charge is 0.417 e. The van der Waals surface area contributed by atoms with Gasteiger partial charge in [-0.3, -0.25) is 0 Å². The molecule has 98 valence electrons. The number of hydrogen-bond donors (Lipinski definition) is 0. The lowest BCUT2D eigenvalue weighted by molar-refractivity contribution is -0.137. The van der Waals surface area contributed by atoms with E-state index in [1.807, 2.05) is 13.8 Å². The molecule has 0 aliphatic heterocycles. The highest BCUT2D eigenvalue weighted by atomic mass is 19.4. The number of alkyl halides is 3. The Morgan fingerprint density at radius 2 is 2.11 bits per heavy atom. The van der Waals surface area contributed by atoms with Crippen LogP contribution in [0.5, 0.6) is 0 Å². The molecule has 0 N–H and O–H groups in total. The summed E-state index contributed by atoms with van der Waals surface area (Å²) in [4.78, 5) is 5.56. The molecular weight excluding hydrogens is 243 g/mol. The van der Waals surface area contributed by atoms with Gasteiger partial charge in [-0.05, 0) is 19.4 Å². The molecule has 0 radical (unpaired) electrons. The summed E-state index contributed by atoms with van der Waals surface area (Å²) in [5.74, 6) is 0.218. The Balaban J connectivity index is 3.24. The van der Waals surface area contributed by atoms with Crippen LogP contribution in [0.1, 0.15) is 31.4 Å². The van der Waals surface area contributed by atoms with Crippen LogP contribution in [0.3, 0.4) is 0 Å². The Bertz CT molecular complexity index is 463. The van der Waals surface area contributed by atoms with Crippen LogP contribution in [0, 0.1) is 11.3 Å². The maximum absolute atomic E-state index is 12.8. The van der Waals surface area contributed by atoms with Crippen LogP contribution in [0.15, 0.2) is 12.3 Å². The Kier molecular flexibility index (Phi) is 4.17. The number of aromatic nitrogens is 1. The molecule has 0 aliphatic carbocycles. The molecule has 6 heteroatoms. The molecule has 0 saturated heterocycles. The number of rotatable bonds is 3. The lowest BCUT2D eigenvalue weighted by Crippen LogP contribution is -2.29. The molecule has 1 aromatic heterocycles. The molecule has 1 rings (SSSR count). The van der Waals surface area contributed by atoms with Crippen molar-refractivity contribution < 1.29 is 13.2 Å². The summed E-state index contributed by atoms with van der Waals surface area (Å²) in [5.41, 5.74) is -1.39. The van der Waals surface area contributed by atoms with E-state index in [1.165, 1.54) is 6.07 Å². The first-order valence-corrected chi connectivity index (χ1v) is 5.51. The first-order chi connectivity index (χ1) is 8.31. The predicted molar refractivity (Wildman–Crippen MR) is 62.1 cm³/mol. The van der Waals surface area contributed by atoms with Gasteiger partial charge < -0.3 is 4.90 Å². The molecule has 1 aromatic rings. The minimum Gasteiger partial charge on any atom is -0.357 e. The van der Waals surface area contributed by atoms with Crippen molar-refractivity contribution in [3.05, 3.63) is 23.4 Å². The second kappa shape index (κ2) is 5.25. The summed E-state index contributed by atoms with van der Waals surface area (Å²) in [6.07, 6.45) is -2.78. The standard InChI is InChI=1S/C12H14F3N3/c1-4-8(2)18(3)11-5-10(12(13,14)15)9(6-16)7-17-11/h5,7-8H,4H2,1-3H3. The Morgan fingerprint density at radius 3 is 2.56 bits per heavy atom. The van der Waals surface area contributed by atoms with E-state index in [-0.39, 0.29) is 11.9 Å². The smallest absolute Gasteiger partial charge is 0.357 e. The first kappa shape index (κ1) is 14.3. The van der Waals surface area contributed by atoms with Crippen molar-refractivity contribution in [3.8, 4) is 6.07 Å². The van der Waals surface area contributed by atoms with Gasteiger partial charge in [0, 0.05) is 19.3 Å². The van der Waals surface area contributed by atoms with Gasteiger partial charge in [-0.25, -0.2) is 4.98 Å². The molecule has 1 atom stereocenters. The van der Waals surface area contributed by atoms with E-state index in [0.29, 0.717) is 0 Å². The molecule has 1 heterocycles. The maximum Gasteiger partial charge on any atom is 0.417 e. The number of hydrogen-bond acceptors (Lipinski definition) is 3. The topological polar surface area (TPSA) is 39.9 Å². The summed E-state index contributed by atoms with van der Waals surface area (Å²) in [6.45, 7) is 3.84. The van der Waals surface area contributed by atoms with Crippen molar-refractivity contribution in [2.24, 2.45) is 0 Å². The van der Waals surface area contributed by atoms with Gasteiger partial charge in [0.15, 0.2) is 0 Å². The van der Waals surface area contributed by atoms with Crippen molar-refractivity contribution in [3.63, 3.8) is 0 Å². The van der Waals surface area contributed by atoms with Gasteiger partial charge in [-0.1, -0.05) is 6.92 Å². The third-order valence-electron chi connectivity index (χ3n) is 2.93. The molecule has 18 heavy (non-hydrogen) atoms. The summed E-state index contributed by atoms with van der Waals surface area (Å²) < 4.78 is 38.3. The monoisotopic (exact) mass is 257 g/mol. The molecule has 0 amide bonds. The maximum atomic E-state index is 12.8. The van der Waals surface area contributed by atoms with E-state index in [4.69, 9.17) is 5.26 Å². The van der Waals surface area contributed by atoms with Crippen LogP contribution < -0.4 is 4.90 Å². The van der Waals surface area contributed by atoms with Crippen molar-refractivity contribution in [1.82, 2.24) is 4.98 Å². The number of pyridine rings is 1. The molecule has 0 saturated carbocycles. The summed E-state index contributed by atoms with van der Waals surface area (Å²) in [5, 5.41) is 8.66. The third kappa shape index (κ3) is 2.92. The Morgan fingerprint density at radius 1 is 1.50 bits per heavy atom. The zero-order valence-electron chi connectivity index (χ0n) is 10.4. The molecular formula is C12H14F3N3. The average Bonchev–Trinajstić information content (AvgIpc) is 2.35. The summed E-state index contributed by atoms with van der Waals surface area (Å²) >= 11 is 0. The van der Waals surface area contributed by atoms with Crippen LogP contribution in [0.2, 0.25) is 0 Å². The molecule has 0 aliphatic rings. The van der Waals surface area contributed by atoms with Crippen molar-refractivity contribution >= 4 is 5.82 Å². The van der Waals surface area contributed by atoms with Crippen molar-refractivity contribution in [2.75, 3.05) is 11.9 Å². The normalized spacial score (nSPS) is 12.9. The predicted octanol–water partition coefficient (Wildman–Crippen LogP) is 3.21. The minimum absolute atomic E-state index is 0.0755. The summed E-state index contributed by atoms with van der Waals surface area (Å²) in [6, 6.07) is 2.51. The highest BCUT2D eigenvalue weighted by Crippen LogP contribution is 2.33. The Labute approximate surface area is 104 Å². The third-order valence-corrected chi connectivity index (χ3v) is 2.93. The zero-order valence-corrected chi connectivity index (χ0v) is 10.4. The molecule has 0 aromatic carbocycles.